The van der Waals surface area contributed by atoms with Crippen molar-refractivity contribution in [1.82, 2.24) is 4.90 Å². The Bertz CT molecular complexity index is 1040. The number of carbonyl (C=O) groups is 3. The molecule has 2 aromatic carbocycles. The number of hydrogen-bond donors (Lipinski definition) is 2. The molecule has 0 radical (unpaired) electrons. The molecule has 2 N–H and O–H groups in total. The van der Waals surface area contributed by atoms with Gasteiger partial charge in [0.15, 0.2) is 0 Å². The number of anilines is 2. The number of amides is 3. The van der Waals surface area contributed by atoms with Gasteiger partial charge in [0.25, 0.3) is 5.91 Å². The minimum absolute atomic E-state index is 0.0763. The normalized spacial score (nSPS) is 21.9. The van der Waals surface area contributed by atoms with Crippen LogP contribution in [0.3, 0.4) is 0 Å². The highest BCUT2D eigenvalue weighted by molar-refractivity contribution is 6.00. The van der Waals surface area contributed by atoms with Crippen LogP contribution < -0.4 is 15.4 Å². The number of benzene rings is 2. The van der Waals surface area contributed by atoms with E-state index in [9.17, 15) is 14.4 Å². The van der Waals surface area contributed by atoms with E-state index in [2.05, 4.69) is 10.6 Å². The molecule has 1 fully saturated rings. The molecule has 0 spiro atoms. The highest BCUT2D eigenvalue weighted by atomic mass is 16.5. The minimum Gasteiger partial charge on any atom is -0.490 e. The van der Waals surface area contributed by atoms with Crippen molar-refractivity contribution >= 4 is 29.1 Å². The van der Waals surface area contributed by atoms with Crippen LogP contribution in [0.25, 0.3) is 0 Å². The van der Waals surface area contributed by atoms with Gasteiger partial charge >= 0.3 is 0 Å². The quantitative estimate of drug-likeness (QED) is 0.677. The van der Waals surface area contributed by atoms with Gasteiger partial charge in [0.05, 0.1) is 24.1 Å². The molecule has 9 nitrogen and oxygen atoms in total. The molecule has 3 amide bonds. The number of para-hydroxylation sites is 1. The minimum atomic E-state index is -0.355. The van der Waals surface area contributed by atoms with Crippen LogP contribution in [0.1, 0.15) is 29.6 Å². The second-order valence-corrected chi connectivity index (χ2v) is 8.48. The van der Waals surface area contributed by atoms with Crippen LogP contribution in [-0.2, 0) is 19.1 Å². The Morgan fingerprint density at radius 2 is 1.82 bits per heavy atom. The molecule has 0 bridgehead atoms. The van der Waals surface area contributed by atoms with E-state index in [1.54, 1.807) is 30.1 Å². The summed E-state index contributed by atoms with van der Waals surface area (Å²) in [6.45, 7) is 0.175. The topological polar surface area (TPSA) is 106 Å². The lowest BCUT2D eigenvalue weighted by molar-refractivity contribution is -0.130. The number of methoxy groups -OCH3 is 1. The van der Waals surface area contributed by atoms with Gasteiger partial charge in [-0.25, -0.2) is 0 Å². The highest BCUT2D eigenvalue weighted by Gasteiger charge is 2.39. The van der Waals surface area contributed by atoms with E-state index >= 15 is 0 Å². The maximum atomic E-state index is 13.3. The van der Waals surface area contributed by atoms with E-state index in [1.165, 1.54) is 7.11 Å². The molecular formula is C25H29N3O6. The lowest BCUT2D eigenvalue weighted by atomic mass is 9.94. The zero-order valence-electron chi connectivity index (χ0n) is 19.3. The summed E-state index contributed by atoms with van der Waals surface area (Å²) in [5.74, 6) is -0.207. The lowest BCUT2D eigenvalue weighted by Crippen LogP contribution is -2.53. The Hall–Kier alpha value is -3.43. The third-order valence-corrected chi connectivity index (χ3v) is 6.04. The molecule has 180 valence electrons. The van der Waals surface area contributed by atoms with Crippen molar-refractivity contribution in [3.05, 3.63) is 54.1 Å². The first-order valence-corrected chi connectivity index (χ1v) is 11.3. The molecule has 34 heavy (non-hydrogen) atoms. The Morgan fingerprint density at radius 1 is 1.06 bits per heavy atom. The van der Waals surface area contributed by atoms with Gasteiger partial charge in [-0.15, -0.1) is 0 Å². The molecule has 2 aliphatic rings. The molecule has 0 aliphatic carbocycles. The Kier molecular flexibility index (Phi) is 7.44. The summed E-state index contributed by atoms with van der Waals surface area (Å²) in [6, 6.07) is 14.1. The largest absolute Gasteiger partial charge is 0.490 e. The van der Waals surface area contributed by atoms with Crippen LogP contribution in [0, 0.1) is 0 Å². The van der Waals surface area contributed by atoms with E-state index in [4.69, 9.17) is 14.2 Å². The lowest BCUT2D eigenvalue weighted by Gasteiger charge is -2.42. The average Bonchev–Trinajstić information content (AvgIpc) is 2.82. The molecule has 4 rings (SSSR count). The third kappa shape index (κ3) is 5.55. The van der Waals surface area contributed by atoms with Gasteiger partial charge in [0.2, 0.25) is 11.8 Å². The van der Waals surface area contributed by atoms with Crippen LogP contribution in [0.4, 0.5) is 11.4 Å². The van der Waals surface area contributed by atoms with Crippen molar-refractivity contribution in [2.24, 2.45) is 0 Å². The SMILES string of the molecule is COCC(=O)Nc1ccc2c(c1)C(=O)N(C)[C@@H]1CC[C@@H](CC(=O)Nc3ccccc3)O[C@@H]1CO2. The first-order chi connectivity index (χ1) is 16.4. The number of likely N-dealkylation sites (N-methyl/N-ethyl adjacent to an activating group) is 1. The van der Waals surface area contributed by atoms with Gasteiger partial charge in [-0.2, -0.15) is 0 Å². The zero-order valence-corrected chi connectivity index (χ0v) is 19.3. The van der Waals surface area contributed by atoms with Gasteiger partial charge in [-0.1, -0.05) is 18.2 Å². The average molecular weight is 468 g/mol. The van der Waals surface area contributed by atoms with Crippen molar-refractivity contribution in [2.75, 3.05) is 38.0 Å². The molecule has 2 heterocycles. The maximum Gasteiger partial charge on any atom is 0.257 e. The second-order valence-electron chi connectivity index (χ2n) is 8.48. The summed E-state index contributed by atoms with van der Waals surface area (Å²) in [4.78, 5) is 39.2. The second kappa shape index (κ2) is 10.7. The summed E-state index contributed by atoms with van der Waals surface area (Å²) in [6.07, 6.45) is 0.970. The van der Waals surface area contributed by atoms with E-state index in [0.29, 0.717) is 29.8 Å². The van der Waals surface area contributed by atoms with Crippen molar-refractivity contribution in [3.8, 4) is 5.75 Å². The molecular weight excluding hydrogens is 438 g/mol. The van der Waals surface area contributed by atoms with E-state index < -0.39 is 0 Å². The molecule has 0 aromatic heterocycles. The van der Waals surface area contributed by atoms with Gasteiger partial charge < -0.3 is 29.7 Å². The highest BCUT2D eigenvalue weighted by Crippen LogP contribution is 2.32. The standard InChI is InChI=1S/C25H29N3O6/c1-28-20-10-9-18(13-23(29)26-16-6-4-3-5-7-16)34-22(20)14-33-21-11-8-17(12-19(21)25(28)31)27-24(30)15-32-2/h3-8,11-12,18,20,22H,9-10,13-15H2,1-2H3,(H,26,29)(H,27,30)/t18-,20+,22+/m0/s1. The van der Waals surface area contributed by atoms with Crippen LogP contribution in [-0.4, -0.2) is 68.2 Å². The van der Waals surface area contributed by atoms with Crippen LogP contribution in [0.2, 0.25) is 0 Å². The Labute approximate surface area is 198 Å². The first-order valence-electron chi connectivity index (χ1n) is 11.3. The van der Waals surface area contributed by atoms with E-state index in [-0.39, 0.29) is 55.6 Å². The van der Waals surface area contributed by atoms with Crippen molar-refractivity contribution < 1.29 is 28.6 Å². The molecule has 0 saturated carbocycles. The number of nitrogens with one attached hydrogen (secondary N) is 2. The number of rotatable bonds is 6. The van der Waals surface area contributed by atoms with Crippen LogP contribution in [0.15, 0.2) is 48.5 Å². The van der Waals surface area contributed by atoms with Gasteiger partial charge in [0.1, 0.15) is 25.1 Å². The molecule has 1 saturated heterocycles. The molecule has 2 aromatic rings. The molecule has 0 unspecified atom stereocenters. The van der Waals surface area contributed by atoms with Gasteiger partial charge in [-0.3, -0.25) is 14.4 Å². The predicted octanol–water partition coefficient (Wildman–Crippen LogP) is 2.68. The summed E-state index contributed by atoms with van der Waals surface area (Å²) < 4.78 is 17.0. The summed E-state index contributed by atoms with van der Waals surface area (Å²) in [5.41, 5.74) is 1.61. The van der Waals surface area contributed by atoms with Crippen LogP contribution in [0.5, 0.6) is 5.75 Å². The molecule has 2 aliphatic heterocycles. The number of carbonyl (C=O) groups excluding carboxylic acids is 3. The fourth-order valence-electron chi connectivity index (χ4n) is 4.37. The number of ether oxygens (including phenoxy) is 3. The summed E-state index contributed by atoms with van der Waals surface area (Å²) in [5, 5.41) is 5.60. The number of hydrogen-bond acceptors (Lipinski definition) is 6. The van der Waals surface area contributed by atoms with E-state index in [1.807, 2.05) is 30.3 Å². The molecule has 9 heteroatoms. The zero-order chi connectivity index (χ0) is 24.1. The van der Waals surface area contributed by atoms with Crippen molar-refractivity contribution in [2.45, 2.75) is 37.5 Å². The first kappa shape index (κ1) is 23.7. The monoisotopic (exact) mass is 467 g/mol. The molecule has 3 atom stereocenters. The Balaban J connectivity index is 1.42. The van der Waals surface area contributed by atoms with Gasteiger partial charge in [0, 0.05) is 25.5 Å². The van der Waals surface area contributed by atoms with E-state index in [0.717, 1.165) is 5.69 Å². The summed E-state index contributed by atoms with van der Waals surface area (Å²) in [7, 11) is 3.19. The Morgan fingerprint density at radius 3 is 2.59 bits per heavy atom. The van der Waals surface area contributed by atoms with Crippen LogP contribution >= 0.6 is 0 Å². The fourth-order valence-corrected chi connectivity index (χ4v) is 4.37. The van der Waals surface area contributed by atoms with Crippen molar-refractivity contribution in [1.29, 1.82) is 0 Å². The number of fused-ring (bicyclic) bond motifs is 2. The fraction of sp³-hybridized carbons (Fsp3) is 0.400. The van der Waals surface area contributed by atoms with Gasteiger partial charge in [-0.05, 0) is 43.2 Å². The summed E-state index contributed by atoms with van der Waals surface area (Å²) >= 11 is 0. The maximum absolute atomic E-state index is 13.3. The predicted molar refractivity (Wildman–Crippen MR) is 126 cm³/mol. The number of nitrogens with zero attached hydrogens (tertiary/aromatic N) is 1. The smallest absolute Gasteiger partial charge is 0.257 e. The van der Waals surface area contributed by atoms with Crippen molar-refractivity contribution in [3.63, 3.8) is 0 Å². The third-order valence-electron chi connectivity index (χ3n) is 6.04.